The van der Waals surface area contributed by atoms with Gasteiger partial charge < -0.3 is 0 Å². The summed E-state index contributed by atoms with van der Waals surface area (Å²) in [5, 5.41) is 0.126. The van der Waals surface area contributed by atoms with Gasteiger partial charge in [0, 0.05) is 0 Å². The van der Waals surface area contributed by atoms with Gasteiger partial charge in [-0.3, -0.25) is 0 Å². The second-order valence-electron chi connectivity index (χ2n) is 14.8. The summed E-state index contributed by atoms with van der Waals surface area (Å²) >= 11 is 0. The number of hydrogen-bond donors (Lipinski definition) is 0. The van der Waals surface area contributed by atoms with Crippen molar-refractivity contribution in [1.82, 2.24) is 0 Å². The molecule has 0 bridgehead atoms. The van der Waals surface area contributed by atoms with Crippen molar-refractivity contribution < 1.29 is 13.3 Å². The molecular weight excluding hydrogens is 512 g/mol. The van der Waals surface area contributed by atoms with Crippen molar-refractivity contribution in [1.29, 1.82) is 0 Å². The second kappa shape index (κ2) is 11.8. The fourth-order valence-electron chi connectivity index (χ4n) is 8.16. The fourth-order valence-corrected chi connectivity index (χ4v) is 24.8. The van der Waals surface area contributed by atoms with E-state index in [1.807, 2.05) is 0 Å². The Morgan fingerprint density at radius 3 is 0.568 bits per heavy atom. The van der Waals surface area contributed by atoms with Crippen LogP contribution in [0, 0.1) is 0 Å². The molecule has 0 aliphatic rings. The zero-order chi connectivity index (χ0) is 29.9. The van der Waals surface area contributed by atoms with Crippen LogP contribution in [-0.2, 0) is 13.3 Å². The van der Waals surface area contributed by atoms with Gasteiger partial charge in [-0.25, -0.2) is 0 Å². The summed E-state index contributed by atoms with van der Waals surface area (Å²) in [6.07, 6.45) is 9.47. The minimum absolute atomic E-state index is 0.0421. The standard InChI is InChI=1S/C30H72BO3P3/c1-19-35(20-2,21-3,28(10,11)12)32-31(33-36(22-4,23-5,24-6)29(13,14)15)34-37(25-7,26-8,27-9)30(16,17)18/h19-27H2,1-18H3. The van der Waals surface area contributed by atoms with Gasteiger partial charge in [0.05, 0.1) is 0 Å². The Bertz CT molecular complexity index is 604. The van der Waals surface area contributed by atoms with Gasteiger partial charge in [0.25, 0.3) is 0 Å². The Kier molecular flexibility index (Phi) is 12.2. The molecule has 0 aliphatic carbocycles. The first-order valence-electron chi connectivity index (χ1n) is 15.6. The predicted octanol–water partition coefficient (Wildman–Crippen LogP) is 11.0. The van der Waals surface area contributed by atoms with E-state index in [1.165, 1.54) is 0 Å². The molecule has 0 aromatic carbocycles. The van der Waals surface area contributed by atoms with E-state index in [-0.39, 0.29) is 15.5 Å². The molecule has 0 N–H and O–H groups in total. The van der Waals surface area contributed by atoms with E-state index in [0.717, 1.165) is 55.5 Å². The van der Waals surface area contributed by atoms with Gasteiger partial charge in [0.15, 0.2) is 0 Å². The molecule has 228 valence electrons. The van der Waals surface area contributed by atoms with Gasteiger partial charge in [-0.1, -0.05) is 0 Å². The maximum atomic E-state index is 7.75. The van der Waals surface area contributed by atoms with E-state index in [0.29, 0.717) is 0 Å². The van der Waals surface area contributed by atoms with Crippen LogP contribution in [0.5, 0.6) is 0 Å². The molecule has 0 unspecified atom stereocenters. The van der Waals surface area contributed by atoms with Gasteiger partial charge in [0.2, 0.25) is 0 Å². The van der Waals surface area contributed by atoms with Crippen LogP contribution in [0.25, 0.3) is 0 Å². The first-order chi connectivity index (χ1) is 16.6. The summed E-state index contributed by atoms with van der Waals surface area (Å²) in [6.45, 7) is 34.8. The Morgan fingerprint density at radius 2 is 0.486 bits per heavy atom. The second-order valence-corrected chi connectivity index (χ2v) is 34.9. The molecule has 0 amide bonds. The Hall–Kier alpha value is 1.23. The van der Waals surface area contributed by atoms with Crippen LogP contribution in [0.3, 0.4) is 0 Å². The molecule has 0 aliphatic heterocycles. The first kappa shape index (κ1) is 38.2. The van der Waals surface area contributed by atoms with E-state index in [1.54, 1.807) is 0 Å². The summed E-state index contributed by atoms with van der Waals surface area (Å²) in [5.41, 5.74) is 0. The molecule has 0 spiro atoms. The summed E-state index contributed by atoms with van der Waals surface area (Å²) in [5.74, 6) is 0. The normalized spacial score (nSPS) is 17.8. The van der Waals surface area contributed by atoms with Crippen LogP contribution < -0.4 is 0 Å². The molecule has 0 fully saturated rings. The molecular formula is C30H72BO3P3. The third-order valence-electron chi connectivity index (χ3n) is 12.8. The molecule has 0 saturated heterocycles. The molecule has 3 nitrogen and oxygen atoms in total. The van der Waals surface area contributed by atoms with Crippen LogP contribution in [0.1, 0.15) is 125 Å². The molecule has 0 rings (SSSR count). The maximum absolute atomic E-state index is 7.75. The van der Waals surface area contributed by atoms with Crippen molar-refractivity contribution in [3.63, 3.8) is 0 Å². The van der Waals surface area contributed by atoms with Gasteiger partial charge in [-0.15, -0.1) is 0 Å². The fraction of sp³-hybridized carbons (Fsp3) is 1.00. The van der Waals surface area contributed by atoms with Crippen molar-refractivity contribution in [2.75, 3.05) is 55.5 Å². The average Bonchev–Trinajstić information content (AvgIpc) is 2.82. The number of rotatable bonds is 15. The molecule has 0 saturated carbocycles. The minimum atomic E-state index is -2.71. The molecule has 0 aromatic rings. The first-order valence-corrected chi connectivity index (χ1v) is 23.8. The van der Waals surface area contributed by atoms with Crippen molar-refractivity contribution in [2.24, 2.45) is 0 Å². The summed E-state index contributed by atoms with van der Waals surface area (Å²) < 4.78 is 23.3. The molecule has 0 aromatic heterocycles. The topological polar surface area (TPSA) is 27.7 Å². The van der Waals surface area contributed by atoms with Crippen molar-refractivity contribution in [3.05, 3.63) is 0 Å². The number of hydrogen-bond acceptors (Lipinski definition) is 3. The van der Waals surface area contributed by atoms with Gasteiger partial charge in [0.1, 0.15) is 0 Å². The van der Waals surface area contributed by atoms with Crippen LogP contribution >= 0.6 is 20.5 Å². The SMILES string of the molecule is CCP(CC)(CC)(OB(OP(CC)(CC)(CC)C(C)(C)C)OP(CC)(CC)(CC)C(C)(C)C)C(C)(C)C. The monoisotopic (exact) mass is 584 g/mol. The quantitative estimate of drug-likeness (QED) is 0.142. The van der Waals surface area contributed by atoms with Gasteiger partial charge in [-0.05, 0) is 0 Å². The van der Waals surface area contributed by atoms with E-state index < -0.39 is 27.8 Å². The van der Waals surface area contributed by atoms with E-state index >= 15 is 0 Å². The van der Waals surface area contributed by atoms with Crippen molar-refractivity contribution >= 4 is 27.8 Å². The van der Waals surface area contributed by atoms with E-state index in [2.05, 4.69) is 125 Å². The van der Waals surface area contributed by atoms with Gasteiger partial charge in [-0.2, -0.15) is 0 Å². The zero-order valence-corrected chi connectivity index (χ0v) is 31.7. The van der Waals surface area contributed by atoms with Gasteiger partial charge >= 0.3 is 237 Å². The Balaban J connectivity index is 7.72. The molecule has 37 heavy (non-hydrogen) atoms. The summed E-state index contributed by atoms with van der Waals surface area (Å²) in [4.78, 5) is 0. The zero-order valence-electron chi connectivity index (χ0n) is 29.0. The Labute approximate surface area is 236 Å². The van der Waals surface area contributed by atoms with Crippen molar-refractivity contribution in [3.8, 4) is 0 Å². The van der Waals surface area contributed by atoms with E-state index in [9.17, 15) is 0 Å². The molecule has 0 radical (unpaired) electrons. The van der Waals surface area contributed by atoms with Crippen molar-refractivity contribution in [2.45, 2.75) is 140 Å². The Morgan fingerprint density at radius 1 is 0.351 bits per heavy atom. The summed E-state index contributed by atoms with van der Waals surface area (Å²) in [7, 11) is -0.620. The summed E-state index contributed by atoms with van der Waals surface area (Å²) in [6, 6.07) is 0. The molecule has 0 heterocycles. The third-order valence-corrected chi connectivity index (χ3v) is 38.4. The van der Waals surface area contributed by atoms with Crippen LogP contribution in [0.4, 0.5) is 0 Å². The molecule has 0 atom stereocenters. The van der Waals surface area contributed by atoms with E-state index in [4.69, 9.17) is 13.3 Å². The average molecular weight is 585 g/mol. The van der Waals surface area contributed by atoms with Crippen LogP contribution in [-0.4, -0.2) is 78.2 Å². The van der Waals surface area contributed by atoms with Crippen LogP contribution in [0.2, 0.25) is 0 Å². The molecule has 7 heteroatoms. The van der Waals surface area contributed by atoms with Crippen LogP contribution in [0.15, 0.2) is 0 Å². The predicted molar refractivity (Wildman–Crippen MR) is 184 cm³/mol. The third kappa shape index (κ3) is 5.55.